The Morgan fingerprint density at radius 2 is 2.10 bits per heavy atom. The number of fused-ring (bicyclic) bond motifs is 1. The number of carbonyl (C=O) groups is 1. The monoisotopic (exact) mass is 303 g/mol. The number of ether oxygens (including phenoxy) is 1. The minimum Gasteiger partial charge on any atom is -0.444 e. The number of likely N-dealkylation sites (tertiary alicyclic amines) is 1. The van der Waals surface area contributed by atoms with E-state index in [-0.39, 0.29) is 6.09 Å². The Labute approximate surface area is 129 Å². The number of benzene rings is 1. The molecule has 1 fully saturated rings. The molecule has 21 heavy (non-hydrogen) atoms. The lowest BCUT2D eigenvalue weighted by Gasteiger charge is -2.24. The first-order chi connectivity index (χ1) is 9.92. The van der Waals surface area contributed by atoms with E-state index in [1.165, 1.54) is 15.0 Å². The van der Waals surface area contributed by atoms with Crippen LogP contribution in [0.5, 0.6) is 0 Å². The molecule has 1 unspecified atom stereocenters. The van der Waals surface area contributed by atoms with E-state index in [1.807, 2.05) is 37.0 Å². The molecule has 1 aliphatic rings. The zero-order valence-electron chi connectivity index (χ0n) is 12.8. The Hall–Kier alpha value is -1.55. The zero-order valence-corrected chi connectivity index (χ0v) is 13.6. The van der Waals surface area contributed by atoms with Gasteiger partial charge >= 0.3 is 6.09 Å². The van der Waals surface area contributed by atoms with Crippen molar-refractivity contribution in [3.05, 3.63) is 35.2 Å². The normalized spacial score (nSPS) is 19.2. The number of amides is 1. The maximum atomic E-state index is 12.1. The fourth-order valence-corrected chi connectivity index (χ4v) is 3.88. The van der Waals surface area contributed by atoms with Gasteiger partial charge in [-0.2, -0.15) is 0 Å². The van der Waals surface area contributed by atoms with E-state index < -0.39 is 5.60 Å². The lowest BCUT2D eigenvalue weighted by molar-refractivity contribution is 0.0292. The summed E-state index contributed by atoms with van der Waals surface area (Å²) in [5.74, 6) is 0.440. The van der Waals surface area contributed by atoms with E-state index in [2.05, 4.69) is 30.3 Å². The maximum Gasteiger partial charge on any atom is 0.410 e. The second-order valence-electron chi connectivity index (χ2n) is 6.60. The van der Waals surface area contributed by atoms with Crippen molar-refractivity contribution in [2.24, 2.45) is 0 Å². The Kier molecular flexibility index (Phi) is 3.66. The van der Waals surface area contributed by atoms with Crippen LogP contribution in [0.2, 0.25) is 0 Å². The number of carbonyl (C=O) groups excluding carboxylic acids is 1. The first kappa shape index (κ1) is 14.4. The number of hydrogen-bond acceptors (Lipinski definition) is 3. The number of thiophene rings is 1. The van der Waals surface area contributed by atoms with Gasteiger partial charge in [0.15, 0.2) is 0 Å². The average molecular weight is 303 g/mol. The molecule has 4 heteroatoms. The van der Waals surface area contributed by atoms with Crippen LogP contribution in [0.4, 0.5) is 4.79 Å². The third kappa shape index (κ3) is 3.21. The highest BCUT2D eigenvalue weighted by molar-refractivity contribution is 7.19. The predicted octanol–water partition coefficient (Wildman–Crippen LogP) is 4.63. The highest BCUT2D eigenvalue weighted by atomic mass is 32.1. The van der Waals surface area contributed by atoms with Gasteiger partial charge in [0.05, 0.1) is 0 Å². The first-order valence-corrected chi connectivity index (χ1v) is 8.20. The van der Waals surface area contributed by atoms with Crippen LogP contribution in [0, 0.1) is 0 Å². The van der Waals surface area contributed by atoms with Gasteiger partial charge in [-0.1, -0.05) is 18.2 Å². The molecule has 0 aliphatic carbocycles. The number of hydrogen-bond donors (Lipinski definition) is 0. The van der Waals surface area contributed by atoms with Crippen molar-refractivity contribution in [1.82, 2.24) is 4.90 Å². The van der Waals surface area contributed by atoms with Crippen molar-refractivity contribution >= 4 is 27.5 Å². The van der Waals surface area contributed by atoms with Crippen molar-refractivity contribution in [1.29, 1.82) is 0 Å². The smallest absolute Gasteiger partial charge is 0.410 e. The SMILES string of the molecule is CC(C)(C)OC(=O)N1CCC(c2cc3ccccc3s2)C1. The molecule has 0 saturated carbocycles. The molecular weight excluding hydrogens is 282 g/mol. The van der Waals surface area contributed by atoms with Gasteiger partial charge in [-0.05, 0) is 44.7 Å². The highest BCUT2D eigenvalue weighted by Crippen LogP contribution is 2.36. The van der Waals surface area contributed by atoms with Crippen LogP contribution in [0.1, 0.15) is 38.0 Å². The quantitative estimate of drug-likeness (QED) is 0.769. The summed E-state index contributed by atoms with van der Waals surface area (Å²) in [6, 6.07) is 10.7. The van der Waals surface area contributed by atoms with E-state index in [4.69, 9.17) is 4.74 Å². The van der Waals surface area contributed by atoms with Gasteiger partial charge in [0, 0.05) is 28.6 Å². The summed E-state index contributed by atoms with van der Waals surface area (Å²) in [5, 5.41) is 1.30. The molecule has 0 bridgehead atoms. The fourth-order valence-electron chi connectivity index (χ4n) is 2.69. The van der Waals surface area contributed by atoms with Crippen molar-refractivity contribution < 1.29 is 9.53 Å². The molecule has 0 spiro atoms. The summed E-state index contributed by atoms with van der Waals surface area (Å²) >= 11 is 1.84. The zero-order chi connectivity index (χ0) is 15.0. The summed E-state index contributed by atoms with van der Waals surface area (Å²) < 4.78 is 6.78. The van der Waals surface area contributed by atoms with Crippen LogP contribution in [0.3, 0.4) is 0 Å². The Bertz CT molecular complexity index is 623. The van der Waals surface area contributed by atoms with E-state index in [0.29, 0.717) is 5.92 Å². The summed E-state index contributed by atoms with van der Waals surface area (Å²) in [7, 11) is 0. The molecule has 1 aliphatic heterocycles. The standard InChI is InChI=1S/C17H21NO2S/c1-17(2,3)20-16(19)18-9-8-13(11-18)15-10-12-6-4-5-7-14(12)21-15/h4-7,10,13H,8-9,11H2,1-3H3. The first-order valence-electron chi connectivity index (χ1n) is 7.39. The topological polar surface area (TPSA) is 29.5 Å². The highest BCUT2D eigenvalue weighted by Gasteiger charge is 2.31. The van der Waals surface area contributed by atoms with E-state index in [1.54, 1.807) is 0 Å². The van der Waals surface area contributed by atoms with Crippen molar-refractivity contribution in [2.45, 2.75) is 38.7 Å². The molecule has 3 nitrogen and oxygen atoms in total. The minimum absolute atomic E-state index is 0.189. The van der Waals surface area contributed by atoms with Crippen LogP contribution in [-0.2, 0) is 4.74 Å². The molecule has 1 aromatic carbocycles. The fraction of sp³-hybridized carbons (Fsp3) is 0.471. The van der Waals surface area contributed by atoms with Crippen LogP contribution in [0.15, 0.2) is 30.3 Å². The van der Waals surface area contributed by atoms with Crippen LogP contribution in [-0.4, -0.2) is 29.7 Å². The van der Waals surface area contributed by atoms with Gasteiger partial charge in [0.2, 0.25) is 0 Å². The lowest BCUT2D eigenvalue weighted by Crippen LogP contribution is -2.35. The summed E-state index contributed by atoms with van der Waals surface area (Å²) in [6.07, 6.45) is 0.831. The Balaban J connectivity index is 1.70. The minimum atomic E-state index is -0.424. The van der Waals surface area contributed by atoms with Gasteiger partial charge in [0.1, 0.15) is 5.60 Å². The van der Waals surface area contributed by atoms with Crippen molar-refractivity contribution in [2.75, 3.05) is 13.1 Å². The van der Waals surface area contributed by atoms with Crippen LogP contribution < -0.4 is 0 Å². The predicted molar refractivity (Wildman–Crippen MR) is 87.0 cm³/mol. The molecule has 2 heterocycles. The van der Waals surface area contributed by atoms with Gasteiger partial charge in [-0.15, -0.1) is 11.3 Å². The van der Waals surface area contributed by atoms with Gasteiger partial charge in [-0.25, -0.2) is 4.79 Å². The molecule has 1 amide bonds. The second-order valence-corrected chi connectivity index (χ2v) is 7.71. The van der Waals surface area contributed by atoms with E-state index in [9.17, 15) is 4.79 Å². The number of nitrogens with zero attached hydrogens (tertiary/aromatic N) is 1. The largest absolute Gasteiger partial charge is 0.444 e. The lowest BCUT2D eigenvalue weighted by atomic mass is 10.1. The molecule has 1 atom stereocenters. The second kappa shape index (κ2) is 5.34. The van der Waals surface area contributed by atoms with Crippen molar-refractivity contribution in [3.8, 4) is 0 Å². The third-order valence-electron chi connectivity index (χ3n) is 3.69. The molecule has 3 rings (SSSR count). The molecule has 1 saturated heterocycles. The molecule has 0 radical (unpaired) electrons. The number of rotatable bonds is 1. The molecule has 2 aromatic rings. The summed E-state index contributed by atoms with van der Waals surface area (Å²) in [6.45, 7) is 7.27. The maximum absolute atomic E-state index is 12.1. The Morgan fingerprint density at radius 3 is 2.81 bits per heavy atom. The molecular formula is C17H21NO2S. The van der Waals surface area contributed by atoms with E-state index >= 15 is 0 Å². The summed E-state index contributed by atoms with van der Waals surface area (Å²) in [5.41, 5.74) is -0.424. The van der Waals surface area contributed by atoms with Crippen LogP contribution >= 0.6 is 11.3 Å². The molecule has 112 valence electrons. The third-order valence-corrected chi connectivity index (χ3v) is 4.97. The van der Waals surface area contributed by atoms with Gasteiger partial charge in [0.25, 0.3) is 0 Å². The van der Waals surface area contributed by atoms with Gasteiger partial charge in [-0.3, -0.25) is 0 Å². The van der Waals surface area contributed by atoms with Crippen molar-refractivity contribution in [3.63, 3.8) is 0 Å². The Morgan fingerprint density at radius 1 is 1.33 bits per heavy atom. The average Bonchev–Trinajstić information content (AvgIpc) is 3.03. The van der Waals surface area contributed by atoms with E-state index in [0.717, 1.165) is 19.5 Å². The van der Waals surface area contributed by atoms with Crippen LogP contribution in [0.25, 0.3) is 10.1 Å². The van der Waals surface area contributed by atoms with Gasteiger partial charge < -0.3 is 9.64 Å². The molecule has 0 N–H and O–H groups in total. The molecule has 1 aromatic heterocycles. The summed E-state index contributed by atoms with van der Waals surface area (Å²) in [4.78, 5) is 15.3.